The average molecular weight is 398 g/mol. The summed E-state index contributed by atoms with van der Waals surface area (Å²) in [7, 11) is 0. The number of rotatable bonds is 6. The van der Waals surface area contributed by atoms with Crippen LogP contribution in [0.3, 0.4) is 0 Å². The van der Waals surface area contributed by atoms with Gasteiger partial charge in [-0.05, 0) is 24.1 Å². The Morgan fingerprint density at radius 3 is 2.38 bits per heavy atom. The van der Waals surface area contributed by atoms with Crippen LogP contribution in [0, 0.1) is 0 Å². The second-order valence-corrected chi connectivity index (χ2v) is 7.96. The third-order valence-electron chi connectivity index (χ3n) is 3.54. The Hall–Kier alpha value is -1.13. The average Bonchev–Trinajstić information content (AvgIpc) is 3.06. The lowest BCUT2D eigenvalue weighted by atomic mass is 10.1. The van der Waals surface area contributed by atoms with E-state index in [-0.39, 0.29) is 0 Å². The summed E-state index contributed by atoms with van der Waals surface area (Å²) in [6.45, 7) is 0.845. The van der Waals surface area contributed by atoms with Gasteiger partial charge >= 0.3 is 0 Å². The Morgan fingerprint density at radius 2 is 1.75 bits per heavy atom. The zero-order valence-electron chi connectivity index (χ0n) is 12.7. The number of aromatic nitrogens is 2. The zero-order valence-corrected chi connectivity index (χ0v) is 15.8. The molecular formula is C18H15Cl3N2S. The SMILES string of the molecule is Clc1cc(SC(Cc2ccccc2)Cn2ccnc2)cc(Cl)c1Cl. The number of benzene rings is 2. The summed E-state index contributed by atoms with van der Waals surface area (Å²) in [6, 6.07) is 14.2. The minimum Gasteiger partial charge on any atom is -0.336 e. The van der Waals surface area contributed by atoms with Gasteiger partial charge in [0.05, 0.1) is 21.4 Å². The van der Waals surface area contributed by atoms with Crippen LogP contribution in [0.1, 0.15) is 5.56 Å². The first-order valence-corrected chi connectivity index (χ1v) is 9.44. The lowest BCUT2D eigenvalue weighted by Gasteiger charge is -2.18. The van der Waals surface area contributed by atoms with Gasteiger partial charge in [-0.15, -0.1) is 11.8 Å². The van der Waals surface area contributed by atoms with Crippen LogP contribution in [0.4, 0.5) is 0 Å². The molecule has 3 aromatic rings. The topological polar surface area (TPSA) is 17.8 Å². The Bertz CT molecular complexity index is 768. The fourth-order valence-corrected chi connectivity index (χ4v) is 4.45. The van der Waals surface area contributed by atoms with Gasteiger partial charge in [-0.25, -0.2) is 4.98 Å². The van der Waals surface area contributed by atoms with Gasteiger partial charge in [0.2, 0.25) is 0 Å². The van der Waals surface area contributed by atoms with E-state index in [1.165, 1.54) is 5.56 Å². The minimum atomic E-state index is 0.315. The molecule has 24 heavy (non-hydrogen) atoms. The van der Waals surface area contributed by atoms with Crippen LogP contribution in [0.5, 0.6) is 0 Å². The van der Waals surface area contributed by atoms with Crippen molar-refractivity contribution in [3.05, 3.63) is 81.8 Å². The second-order valence-electron chi connectivity index (χ2n) is 5.39. The molecule has 124 valence electrons. The van der Waals surface area contributed by atoms with E-state index in [0.29, 0.717) is 20.3 Å². The van der Waals surface area contributed by atoms with E-state index in [0.717, 1.165) is 17.9 Å². The van der Waals surface area contributed by atoms with Gasteiger partial charge in [0.25, 0.3) is 0 Å². The molecule has 6 heteroatoms. The van der Waals surface area contributed by atoms with Crippen LogP contribution < -0.4 is 0 Å². The number of thioether (sulfide) groups is 1. The van der Waals surface area contributed by atoms with Crippen LogP contribution in [0.2, 0.25) is 15.1 Å². The molecule has 0 fully saturated rings. The molecule has 0 bridgehead atoms. The van der Waals surface area contributed by atoms with Crippen molar-refractivity contribution in [2.75, 3.05) is 0 Å². The third-order valence-corrected chi connectivity index (χ3v) is 5.89. The Balaban J connectivity index is 1.81. The quantitative estimate of drug-likeness (QED) is 0.361. The molecule has 0 aliphatic rings. The third kappa shape index (κ3) is 4.70. The molecular weight excluding hydrogens is 383 g/mol. The normalized spacial score (nSPS) is 12.3. The van der Waals surface area contributed by atoms with Crippen molar-refractivity contribution in [2.45, 2.75) is 23.1 Å². The summed E-state index contributed by atoms with van der Waals surface area (Å²) < 4.78 is 2.08. The first-order chi connectivity index (χ1) is 11.6. The Labute approximate surface area is 160 Å². The Morgan fingerprint density at radius 1 is 1.04 bits per heavy atom. The first kappa shape index (κ1) is 17.7. The number of imidazole rings is 1. The standard InChI is InChI=1S/C18H15Cl3N2S/c19-16-9-14(10-17(20)18(16)21)24-15(11-23-7-6-22-12-23)8-13-4-2-1-3-5-13/h1-7,9-10,12,15H,8,11H2. The number of hydrogen-bond donors (Lipinski definition) is 0. The predicted octanol–water partition coefficient (Wildman–Crippen LogP) is 6.25. The second kappa shape index (κ2) is 8.30. The molecule has 0 radical (unpaired) electrons. The molecule has 1 aromatic heterocycles. The smallest absolute Gasteiger partial charge is 0.0946 e. The molecule has 0 saturated carbocycles. The van der Waals surface area contributed by atoms with Gasteiger partial charge in [0.1, 0.15) is 0 Å². The molecule has 0 aliphatic carbocycles. The van der Waals surface area contributed by atoms with Gasteiger partial charge in [0, 0.05) is 29.1 Å². The van der Waals surface area contributed by atoms with E-state index < -0.39 is 0 Å². The summed E-state index contributed by atoms with van der Waals surface area (Å²) in [6.07, 6.45) is 6.53. The van der Waals surface area contributed by atoms with E-state index in [4.69, 9.17) is 34.8 Å². The molecule has 1 atom stereocenters. The molecule has 1 unspecified atom stereocenters. The molecule has 2 nitrogen and oxygen atoms in total. The molecule has 1 heterocycles. The molecule has 3 rings (SSSR count). The summed E-state index contributed by atoms with van der Waals surface area (Å²) in [5.41, 5.74) is 1.29. The van der Waals surface area contributed by atoms with Crippen molar-refractivity contribution in [3.8, 4) is 0 Å². The fraction of sp³-hybridized carbons (Fsp3) is 0.167. The number of nitrogens with zero attached hydrogens (tertiary/aromatic N) is 2. The fourth-order valence-electron chi connectivity index (χ4n) is 2.44. The van der Waals surface area contributed by atoms with Crippen LogP contribution in [0.15, 0.2) is 66.1 Å². The number of halogens is 3. The van der Waals surface area contributed by atoms with Crippen LogP contribution in [-0.4, -0.2) is 14.8 Å². The molecule has 2 aromatic carbocycles. The first-order valence-electron chi connectivity index (χ1n) is 7.42. The molecule has 0 saturated heterocycles. The van der Waals surface area contributed by atoms with Crippen LogP contribution >= 0.6 is 46.6 Å². The van der Waals surface area contributed by atoms with Crippen molar-refractivity contribution in [3.63, 3.8) is 0 Å². The lowest BCUT2D eigenvalue weighted by Crippen LogP contribution is -2.15. The van der Waals surface area contributed by atoms with E-state index in [1.807, 2.05) is 30.7 Å². The maximum atomic E-state index is 6.16. The van der Waals surface area contributed by atoms with Crippen molar-refractivity contribution in [1.82, 2.24) is 9.55 Å². The summed E-state index contributed by atoms with van der Waals surface area (Å²) in [4.78, 5) is 5.13. The van der Waals surface area contributed by atoms with Gasteiger partial charge in [0.15, 0.2) is 0 Å². The highest BCUT2D eigenvalue weighted by atomic mass is 35.5. The summed E-state index contributed by atoms with van der Waals surface area (Å²) in [5.74, 6) is 0. The van der Waals surface area contributed by atoms with Crippen molar-refractivity contribution in [1.29, 1.82) is 0 Å². The van der Waals surface area contributed by atoms with Crippen molar-refractivity contribution >= 4 is 46.6 Å². The monoisotopic (exact) mass is 396 g/mol. The summed E-state index contributed by atoms with van der Waals surface area (Å²) >= 11 is 20.1. The molecule has 0 N–H and O–H groups in total. The van der Waals surface area contributed by atoms with E-state index >= 15 is 0 Å². The minimum absolute atomic E-state index is 0.315. The highest BCUT2D eigenvalue weighted by Gasteiger charge is 2.15. The maximum Gasteiger partial charge on any atom is 0.0946 e. The molecule has 0 spiro atoms. The number of hydrogen-bond acceptors (Lipinski definition) is 2. The van der Waals surface area contributed by atoms with E-state index in [9.17, 15) is 0 Å². The van der Waals surface area contributed by atoms with Gasteiger partial charge in [-0.1, -0.05) is 65.1 Å². The highest BCUT2D eigenvalue weighted by Crippen LogP contribution is 2.37. The van der Waals surface area contributed by atoms with Crippen LogP contribution in [-0.2, 0) is 13.0 Å². The van der Waals surface area contributed by atoms with Crippen LogP contribution in [0.25, 0.3) is 0 Å². The van der Waals surface area contributed by atoms with Gasteiger partial charge < -0.3 is 4.57 Å². The molecule has 0 amide bonds. The largest absolute Gasteiger partial charge is 0.336 e. The molecule has 0 aliphatic heterocycles. The van der Waals surface area contributed by atoms with Crippen molar-refractivity contribution in [2.24, 2.45) is 0 Å². The van der Waals surface area contributed by atoms with E-state index in [1.54, 1.807) is 18.0 Å². The van der Waals surface area contributed by atoms with Gasteiger partial charge in [-0.3, -0.25) is 0 Å². The zero-order chi connectivity index (χ0) is 16.9. The van der Waals surface area contributed by atoms with Gasteiger partial charge in [-0.2, -0.15) is 0 Å². The summed E-state index contributed by atoms with van der Waals surface area (Å²) in [5, 5.41) is 1.67. The predicted molar refractivity (Wildman–Crippen MR) is 103 cm³/mol. The lowest BCUT2D eigenvalue weighted by molar-refractivity contribution is 0.656. The highest BCUT2D eigenvalue weighted by molar-refractivity contribution is 8.00. The Kier molecular flexibility index (Phi) is 6.12. The maximum absolute atomic E-state index is 6.16. The van der Waals surface area contributed by atoms with Crippen molar-refractivity contribution < 1.29 is 0 Å². The van der Waals surface area contributed by atoms with E-state index in [2.05, 4.69) is 33.8 Å².